The smallest absolute Gasteiger partial charge is 0.235 e. The van der Waals surface area contributed by atoms with E-state index in [1.54, 1.807) is 7.11 Å². The van der Waals surface area contributed by atoms with Crippen LogP contribution in [0.2, 0.25) is 0 Å². The number of hydrogen-bond acceptors (Lipinski definition) is 6. The first-order chi connectivity index (χ1) is 16.2. The van der Waals surface area contributed by atoms with E-state index in [0.717, 1.165) is 28.4 Å². The van der Waals surface area contributed by atoms with Crippen LogP contribution in [0, 0.1) is 5.92 Å². The number of ether oxygens (including phenoxy) is 2. The van der Waals surface area contributed by atoms with Crippen LogP contribution in [0.3, 0.4) is 0 Å². The number of carbonyl (C=O) groups is 1. The van der Waals surface area contributed by atoms with Crippen molar-refractivity contribution in [1.29, 1.82) is 0 Å². The van der Waals surface area contributed by atoms with Gasteiger partial charge in [-0.3, -0.25) is 9.78 Å². The molecule has 1 aliphatic heterocycles. The van der Waals surface area contributed by atoms with E-state index >= 15 is 0 Å². The maximum absolute atomic E-state index is 12.8. The molecule has 0 aliphatic carbocycles. The van der Waals surface area contributed by atoms with Gasteiger partial charge in [-0.25, -0.2) is 9.97 Å². The Morgan fingerprint density at radius 1 is 1.03 bits per heavy atom. The number of carbonyl (C=O) groups excluding carboxylic acids is 1. The largest absolute Gasteiger partial charge is 0.480 e. The van der Waals surface area contributed by atoms with Crippen LogP contribution < -0.4 is 10.1 Å². The molecular weight excluding hydrogens is 416 g/mol. The molecule has 7 heteroatoms. The summed E-state index contributed by atoms with van der Waals surface area (Å²) in [5.41, 5.74) is 4.47. The minimum atomic E-state index is -0.0212. The van der Waals surface area contributed by atoms with Gasteiger partial charge in [0, 0.05) is 30.3 Å². The Morgan fingerprint density at radius 3 is 2.61 bits per heavy atom. The lowest BCUT2D eigenvalue weighted by molar-refractivity contribution is -0.122. The van der Waals surface area contributed by atoms with Gasteiger partial charge < -0.3 is 14.8 Å². The summed E-state index contributed by atoms with van der Waals surface area (Å²) in [4.78, 5) is 26.4. The summed E-state index contributed by atoms with van der Waals surface area (Å²) in [5, 5.41) is 4.33. The van der Waals surface area contributed by atoms with Gasteiger partial charge >= 0.3 is 0 Å². The molecule has 33 heavy (non-hydrogen) atoms. The summed E-state index contributed by atoms with van der Waals surface area (Å²) in [6.07, 6.45) is 3.45. The molecule has 0 radical (unpaired) electrons. The average molecular weight is 443 g/mol. The molecule has 5 rings (SSSR count). The van der Waals surface area contributed by atoms with Gasteiger partial charge in [0.1, 0.15) is 5.69 Å². The van der Waals surface area contributed by atoms with Crippen molar-refractivity contribution in [3.63, 3.8) is 0 Å². The van der Waals surface area contributed by atoms with Crippen molar-refractivity contribution >= 4 is 27.8 Å². The molecule has 0 bridgehead atoms. The van der Waals surface area contributed by atoms with Crippen LogP contribution in [0.25, 0.3) is 21.9 Å². The fourth-order valence-electron chi connectivity index (χ4n) is 4.43. The summed E-state index contributed by atoms with van der Waals surface area (Å²) in [6, 6.07) is 17.8. The van der Waals surface area contributed by atoms with Crippen molar-refractivity contribution in [2.75, 3.05) is 20.3 Å². The molecule has 0 saturated carbocycles. The van der Waals surface area contributed by atoms with Crippen LogP contribution in [-0.2, 0) is 22.4 Å². The Morgan fingerprint density at radius 2 is 1.79 bits per heavy atom. The molecule has 4 aromatic rings. The molecule has 0 spiro atoms. The number of para-hydroxylation sites is 3. The molecule has 1 N–H and O–H groups in total. The Hall–Kier alpha value is -3.58. The number of methoxy groups -OCH3 is 1. The van der Waals surface area contributed by atoms with E-state index in [-0.39, 0.29) is 17.9 Å². The van der Waals surface area contributed by atoms with Gasteiger partial charge in [-0.2, -0.15) is 0 Å². The summed E-state index contributed by atoms with van der Waals surface area (Å²) in [7, 11) is 1.58. The highest BCUT2D eigenvalue weighted by Crippen LogP contribution is 2.25. The zero-order valence-electron chi connectivity index (χ0n) is 18.5. The summed E-state index contributed by atoms with van der Waals surface area (Å²) >= 11 is 0. The number of nitrogens with one attached hydrogen (secondary N) is 1. The number of pyridine rings is 1. The van der Waals surface area contributed by atoms with Gasteiger partial charge in [0.25, 0.3) is 0 Å². The summed E-state index contributed by atoms with van der Waals surface area (Å²) in [5.74, 6) is 0.662. The van der Waals surface area contributed by atoms with Gasteiger partial charge in [0.05, 0.1) is 42.9 Å². The average Bonchev–Trinajstić information content (AvgIpc) is 3.28. The number of aryl methyl sites for hydroxylation is 1. The molecule has 2 aromatic heterocycles. The predicted molar refractivity (Wildman–Crippen MR) is 126 cm³/mol. The Kier molecular flexibility index (Phi) is 6.13. The number of nitrogens with zero attached hydrogens (tertiary/aromatic N) is 3. The lowest BCUT2D eigenvalue weighted by atomic mass is 9.93. The lowest BCUT2D eigenvalue weighted by Crippen LogP contribution is -2.40. The standard InChI is InChI=1S/C26H26N4O3/c1-32-26-23(28-21-8-4-5-9-22(21)30-26)10-11-25(31)29-24-16-33-15-18(24)14-17-12-13-27-20-7-3-2-6-19(17)20/h2-9,12-13,18,24H,10-11,14-16H2,1H3,(H,29,31)/t18-,24+/m1/s1. The number of fused-ring (bicyclic) bond motifs is 2. The van der Waals surface area contributed by atoms with E-state index in [1.165, 1.54) is 5.56 Å². The van der Waals surface area contributed by atoms with Crippen LogP contribution >= 0.6 is 0 Å². The van der Waals surface area contributed by atoms with Crippen LogP contribution in [0.5, 0.6) is 5.88 Å². The molecule has 3 heterocycles. The zero-order chi connectivity index (χ0) is 22.6. The van der Waals surface area contributed by atoms with E-state index in [9.17, 15) is 4.79 Å². The molecule has 7 nitrogen and oxygen atoms in total. The Bertz CT molecular complexity index is 1290. The minimum Gasteiger partial charge on any atom is -0.480 e. The number of hydrogen-bond donors (Lipinski definition) is 1. The normalized spacial score (nSPS) is 18.0. The maximum Gasteiger partial charge on any atom is 0.235 e. The van der Waals surface area contributed by atoms with Crippen molar-refractivity contribution in [3.05, 3.63) is 72.1 Å². The first-order valence-corrected chi connectivity index (χ1v) is 11.2. The lowest BCUT2D eigenvalue weighted by Gasteiger charge is -2.20. The third-order valence-corrected chi connectivity index (χ3v) is 6.15. The molecule has 1 amide bonds. The fourth-order valence-corrected chi connectivity index (χ4v) is 4.43. The molecule has 168 valence electrons. The molecule has 1 aliphatic rings. The molecule has 2 aromatic carbocycles. The van der Waals surface area contributed by atoms with Gasteiger partial charge in [-0.05, 0) is 36.2 Å². The van der Waals surface area contributed by atoms with E-state index in [1.807, 2.05) is 48.7 Å². The quantitative estimate of drug-likeness (QED) is 0.472. The van der Waals surface area contributed by atoms with Crippen molar-refractivity contribution in [1.82, 2.24) is 20.3 Å². The SMILES string of the molecule is COc1nc2ccccc2nc1CCC(=O)N[C@H]1COC[C@H]1Cc1ccnc2ccccc12. The van der Waals surface area contributed by atoms with E-state index in [2.05, 4.69) is 32.4 Å². The summed E-state index contributed by atoms with van der Waals surface area (Å²) in [6.45, 7) is 1.16. The highest BCUT2D eigenvalue weighted by molar-refractivity contribution is 5.82. The summed E-state index contributed by atoms with van der Waals surface area (Å²) < 4.78 is 11.1. The first-order valence-electron chi connectivity index (χ1n) is 11.2. The van der Waals surface area contributed by atoms with Crippen molar-refractivity contribution < 1.29 is 14.3 Å². The third kappa shape index (κ3) is 4.64. The maximum atomic E-state index is 12.8. The van der Waals surface area contributed by atoms with E-state index < -0.39 is 0 Å². The second kappa shape index (κ2) is 9.50. The van der Waals surface area contributed by atoms with Crippen LogP contribution in [0.1, 0.15) is 17.7 Å². The van der Waals surface area contributed by atoms with Crippen molar-refractivity contribution in [2.24, 2.45) is 5.92 Å². The topological polar surface area (TPSA) is 86.2 Å². The van der Waals surface area contributed by atoms with Gasteiger partial charge in [0.2, 0.25) is 11.8 Å². The Labute approximate surface area is 192 Å². The van der Waals surface area contributed by atoms with Crippen molar-refractivity contribution in [2.45, 2.75) is 25.3 Å². The van der Waals surface area contributed by atoms with Crippen LogP contribution in [0.15, 0.2) is 60.8 Å². The number of benzene rings is 2. The monoisotopic (exact) mass is 442 g/mol. The van der Waals surface area contributed by atoms with E-state index in [0.29, 0.717) is 37.6 Å². The van der Waals surface area contributed by atoms with Gasteiger partial charge in [-0.15, -0.1) is 0 Å². The fraction of sp³-hybridized carbons (Fsp3) is 0.308. The second-order valence-corrected chi connectivity index (χ2v) is 8.33. The first kappa shape index (κ1) is 21.3. The molecule has 1 saturated heterocycles. The highest BCUT2D eigenvalue weighted by Gasteiger charge is 2.30. The molecule has 2 atom stereocenters. The molecule has 0 unspecified atom stereocenters. The zero-order valence-corrected chi connectivity index (χ0v) is 18.5. The third-order valence-electron chi connectivity index (χ3n) is 6.15. The number of rotatable bonds is 7. The highest BCUT2D eigenvalue weighted by atomic mass is 16.5. The predicted octanol–water partition coefficient (Wildman–Crippen LogP) is 3.49. The second-order valence-electron chi connectivity index (χ2n) is 8.33. The molecule has 1 fully saturated rings. The van der Waals surface area contributed by atoms with Gasteiger partial charge in [0.15, 0.2) is 0 Å². The van der Waals surface area contributed by atoms with Crippen molar-refractivity contribution in [3.8, 4) is 5.88 Å². The van der Waals surface area contributed by atoms with Crippen LogP contribution in [0.4, 0.5) is 0 Å². The minimum absolute atomic E-state index is 0.0194. The molecular formula is C26H26N4O3. The van der Waals surface area contributed by atoms with Gasteiger partial charge in [-0.1, -0.05) is 30.3 Å². The Balaban J connectivity index is 1.24. The van der Waals surface area contributed by atoms with E-state index in [4.69, 9.17) is 9.47 Å². The number of aromatic nitrogens is 3. The van der Waals surface area contributed by atoms with Crippen LogP contribution in [-0.4, -0.2) is 47.2 Å². The number of amides is 1.